The average Bonchev–Trinajstić information content (AvgIpc) is 2.42. The Kier molecular flexibility index (Phi) is 5.64. The van der Waals surface area contributed by atoms with Gasteiger partial charge in [-0.25, -0.2) is 9.78 Å². The Morgan fingerprint density at radius 1 is 1.36 bits per heavy atom. The number of rotatable bonds is 3. The van der Waals surface area contributed by atoms with E-state index in [-0.39, 0.29) is 16.0 Å². The van der Waals surface area contributed by atoms with Gasteiger partial charge in [0.05, 0.1) is 5.69 Å². The number of nitrogens with one attached hydrogen (secondary N) is 1. The first kappa shape index (κ1) is 17.0. The molecule has 0 aliphatic heterocycles. The van der Waals surface area contributed by atoms with Crippen molar-refractivity contribution in [3.63, 3.8) is 0 Å². The standard InChI is InChI=1S/C15H19Cl2N3O2/c1-8-3-5-10(6-4-8)9(2)18-13-11(19-15(21)22)7-12(16)20-14(13)17/h7-8,10H,3-6H2,1-2H3,(H,19,20)(H,21,22). The number of anilines is 1. The lowest BCUT2D eigenvalue weighted by Gasteiger charge is -2.26. The minimum atomic E-state index is -1.20. The van der Waals surface area contributed by atoms with Crippen molar-refractivity contribution in [2.75, 3.05) is 5.32 Å². The van der Waals surface area contributed by atoms with Crippen molar-refractivity contribution in [3.8, 4) is 0 Å². The van der Waals surface area contributed by atoms with E-state index in [1.807, 2.05) is 6.92 Å². The van der Waals surface area contributed by atoms with Crippen LogP contribution in [0.4, 0.5) is 16.2 Å². The summed E-state index contributed by atoms with van der Waals surface area (Å²) in [5, 5.41) is 11.4. The van der Waals surface area contributed by atoms with Gasteiger partial charge in [0.2, 0.25) is 0 Å². The Balaban J connectivity index is 2.30. The maximum atomic E-state index is 10.9. The third kappa shape index (κ3) is 4.34. The molecule has 1 heterocycles. The van der Waals surface area contributed by atoms with Crippen LogP contribution in [-0.2, 0) is 0 Å². The highest BCUT2D eigenvalue weighted by atomic mass is 35.5. The summed E-state index contributed by atoms with van der Waals surface area (Å²) in [7, 11) is 0. The van der Waals surface area contributed by atoms with Crippen molar-refractivity contribution in [2.24, 2.45) is 16.8 Å². The highest BCUT2D eigenvalue weighted by molar-refractivity contribution is 6.35. The molecule has 0 saturated heterocycles. The summed E-state index contributed by atoms with van der Waals surface area (Å²) in [5.74, 6) is 1.16. The maximum absolute atomic E-state index is 10.9. The van der Waals surface area contributed by atoms with E-state index in [9.17, 15) is 4.79 Å². The van der Waals surface area contributed by atoms with Crippen LogP contribution in [0.25, 0.3) is 0 Å². The van der Waals surface area contributed by atoms with E-state index in [0.29, 0.717) is 11.6 Å². The van der Waals surface area contributed by atoms with Crippen molar-refractivity contribution in [1.82, 2.24) is 4.98 Å². The number of hydrogen-bond acceptors (Lipinski definition) is 3. The first-order chi connectivity index (χ1) is 10.4. The number of amides is 1. The van der Waals surface area contributed by atoms with Crippen LogP contribution in [0.5, 0.6) is 0 Å². The lowest BCUT2D eigenvalue weighted by atomic mass is 9.81. The van der Waals surface area contributed by atoms with Crippen LogP contribution in [0.3, 0.4) is 0 Å². The Hall–Kier alpha value is -1.33. The smallest absolute Gasteiger partial charge is 0.409 e. The van der Waals surface area contributed by atoms with E-state index in [0.717, 1.165) is 24.5 Å². The maximum Gasteiger partial charge on any atom is 0.409 e. The van der Waals surface area contributed by atoms with E-state index in [1.54, 1.807) is 0 Å². The van der Waals surface area contributed by atoms with Gasteiger partial charge in [-0.2, -0.15) is 0 Å². The van der Waals surface area contributed by atoms with Crippen molar-refractivity contribution in [3.05, 3.63) is 16.4 Å². The number of carboxylic acid groups (broad SMARTS) is 1. The molecule has 1 amide bonds. The van der Waals surface area contributed by atoms with Gasteiger partial charge in [-0.05, 0) is 31.6 Å². The van der Waals surface area contributed by atoms with Crippen LogP contribution in [-0.4, -0.2) is 21.9 Å². The molecule has 5 nitrogen and oxygen atoms in total. The Bertz CT molecular complexity index is 597. The number of nitrogens with zero attached hydrogens (tertiary/aromatic N) is 2. The molecule has 1 aliphatic rings. The van der Waals surface area contributed by atoms with Crippen LogP contribution < -0.4 is 5.32 Å². The lowest BCUT2D eigenvalue weighted by molar-refractivity contribution is 0.210. The van der Waals surface area contributed by atoms with Gasteiger partial charge in [-0.3, -0.25) is 10.3 Å². The van der Waals surface area contributed by atoms with Gasteiger partial charge in [-0.15, -0.1) is 0 Å². The van der Waals surface area contributed by atoms with Gasteiger partial charge < -0.3 is 5.11 Å². The molecule has 1 fully saturated rings. The minimum Gasteiger partial charge on any atom is -0.465 e. The molecule has 0 radical (unpaired) electrons. The predicted octanol–water partition coefficient (Wildman–Crippen LogP) is 5.40. The van der Waals surface area contributed by atoms with E-state index < -0.39 is 6.09 Å². The number of aromatic nitrogens is 1. The molecule has 0 spiro atoms. The van der Waals surface area contributed by atoms with Gasteiger partial charge in [0.15, 0.2) is 5.15 Å². The number of pyridine rings is 1. The Labute approximate surface area is 139 Å². The largest absolute Gasteiger partial charge is 0.465 e. The lowest BCUT2D eigenvalue weighted by Crippen LogP contribution is -2.18. The summed E-state index contributed by atoms with van der Waals surface area (Å²) in [6.07, 6.45) is 3.36. The Morgan fingerprint density at radius 2 is 2.00 bits per heavy atom. The molecule has 22 heavy (non-hydrogen) atoms. The second-order valence-electron chi connectivity index (χ2n) is 5.77. The fourth-order valence-electron chi connectivity index (χ4n) is 2.74. The molecule has 0 unspecified atom stereocenters. The zero-order valence-corrected chi connectivity index (χ0v) is 14.1. The van der Waals surface area contributed by atoms with Crippen molar-refractivity contribution in [1.29, 1.82) is 0 Å². The second kappa shape index (κ2) is 7.29. The zero-order valence-electron chi connectivity index (χ0n) is 12.6. The quantitative estimate of drug-likeness (QED) is 0.570. The van der Waals surface area contributed by atoms with E-state index in [1.165, 1.54) is 18.9 Å². The molecular formula is C15H19Cl2N3O2. The van der Waals surface area contributed by atoms with Crippen molar-refractivity contribution in [2.45, 2.75) is 39.5 Å². The van der Waals surface area contributed by atoms with Crippen LogP contribution >= 0.6 is 23.2 Å². The molecule has 0 bridgehead atoms. The van der Waals surface area contributed by atoms with Crippen LogP contribution in [0.2, 0.25) is 10.3 Å². The molecule has 2 rings (SSSR count). The van der Waals surface area contributed by atoms with Crippen LogP contribution in [0, 0.1) is 11.8 Å². The molecule has 0 aromatic carbocycles. The Morgan fingerprint density at radius 3 is 2.59 bits per heavy atom. The van der Waals surface area contributed by atoms with Crippen LogP contribution in [0.1, 0.15) is 39.5 Å². The van der Waals surface area contributed by atoms with Gasteiger partial charge in [0.25, 0.3) is 0 Å². The normalized spacial score (nSPS) is 22.5. The third-order valence-electron chi connectivity index (χ3n) is 4.06. The predicted molar refractivity (Wildman–Crippen MR) is 89.8 cm³/mol. The topological polar surface area (TPSA) is 74.6 Å². The molecule has 1 aliphatic carbocycles. The minimum absolute atomic E-state index is 0.0970. The zero-order chi connectivity index (χ0) is 16.3. The van der Waals surface area contributed by atoms with Gasteiger partial charge in [0.1, 0.15) is 10.8 Å². The summed E-state index contributed by atoms with van der Waals surface area (Å²) in [6.45, 7) is 4.22. The van der Waals surface area contributed by atoms with Gasteiger partial charge >= 0.3 is 6.09 Å². The fourth-order valence-corrected chi connectivity index (χ4v) is 3.21. The van der Waals surface area contributed by atoms with E-state index in [4.69, 9.17) is 28.3 Å². The van der Waals surface area contributed by atoms with E-state index in [2.05, 4.69) is 22.2 Å². The summed E-state index contributed by atoms with van der Waals surface area (Å²) in [5.41, 5.74) is 1.52. The molecule has 1 saturated carbocycles. The highest BCUT2D eigenvalue weighted by Gasteiger charge is 2.21. The van der Waals surface area contributed by atoms with E-state index >= 15 is 0 Å². The molecule has 120 valence electrons. The van der Waals surface area contributed by atoms with Gasteiger partial charge in [-0.1, -0.05) is 43.0 Å². The summed E-state index contributed by atoms with van der Waals surface area (Å²) >= 11 is 11.9. The molecule has 1 aromatic rings. The third-order valence-corrected chi connectivity index (χ3v) is 4.51. The highest BCUT2D eigenvalue weighted by Crippen LogP contribution is 2.36. The SMILES string of the molecule is CC(=Nc1c(NC(=O)O)cc(Cl)nc1Cl)C1CCC(C)CC1. The second-order valence-corrected chi connectivity index (χ2v) is 6.52. The first-order valence-electron chi connectivity index (χ1n) is 7.28. The number of aliphatic imine (C=N–C) groups is 1. The van der Waals surface area contributed by atoms with Gasteiger partial charge in [0, 0.05) is 11.8 Å². The molecule has 1 aromatic heterocycles. The number of carbonyl (C=O) groups is 1. The monoisotopic (exact) mass is 343 g/mol. The molecule has 7 heteroatoms. The molecular weight excluding hydrogens is 325 g/mol. The first-order valence-corrected chi connectivity index (χ1v) is 8.03. The summed E-state index contributed by atoms with van der Waals surface area (Å²) in [4.78, 5) is 19.4. The average molecular weight is 344 g/mol. The van der Waals surface area contributed by atoms with Crippen LogP contribution in [0.15, 0.2) is 11.1 Å². The molecule has 2 N–H and O–H groups in total. The summed E-state index contributed by atoms with van der Waals surface area (Å²) in [6, 6.07) is 1.41. The summed E-state index contributed by atoms with van der Waals surface area (Å²) < 4.78 is 0. The molecule has 0 atom stereocenters. The van der Waals surface area contributed by atoms with Crippen molar-refractivity contribution >= 4 is 46.4 Å². The number of hydrogen-bond donors (Lipinski definition) is 2. The number of halogens is 2. The van der Waals surface area contributed by atoms with Crippen molar-refractivity contribution < 1.29 is 9.90 Å². The fraction of sp³-hybridized carbons (Fsp3) is 0.533.